The molecule has 0 unspecified atom stereocenters. The molecule has 0 bridgehead atoms. The van der Waals surface area contributed by atoms with Gasteiger partial charge in [0.2, 0.25) is 0 Å². The van der Waals surface area contributed by atoms with Gasteiger partial charge < -0.3 is 4.74 Å². The Labute approximate surface area is 61.0 Å². The summed E-state index contributed by atoms with van der Waals surface area (Å²) in [7, 11) is 1.56. The number of methoxy groups -OCH3 is 1. The molecule has 51 valence electrons. The normalized spacial score (nSPS) is 8.90. The minimum atomic E-state index is 0.459. The number of rotatable bonds is 2. The van der Waals surface area contributed by atoms with Gasteiger partial charge in [-0.2, -0.15) is 0 Å². The number of benzene rings is 1. The molecule has 0 heterocycles. The number of hydrogen-bond acceptors (Lipinski definition) is 1. The van der Waals surface area contributed by atoms with E-state index in [1.54, 1.807) is 7.11 Å². The predicted molar refractivity (Wildman–Crippen MR) is 41.2 cm³/mol. The van der Waals surface area contributed by atoms with E-state index in [4.69, 9.17) is 11.3 Å². The molecule has 1 nitrogen and oxygen atoms in total. The van der Waals surface area contributed by atoms with Gasteiger partial charge in [-0.3, -0.25) is 0 Å². The lowest BCUT2D eigenvalue weighted by Gasteiger charge is -2.01. The molecule has 10 heavy (non-hydrogen) atoms. The van der Waals surface area contributed by atoms with Gasteiger partial charge >= 0.3 is 0 Å². The Morgan fingerprint density at radius 3 is 2.40 bits per heavy atom. The fourth-order valence-electron chi connectivity index (χ4n) is 0.720. The highest BCUT2D eigenvalue weighted by molar-refractivity contribution is 5.55. The highest BCUT2D eigenvalue weighted by atomic mass is 16.5. The second kappa shape index (κ2) is 3.06. The van der Waals surface area contributed by atoms with Crippen molar-refractivity contribution in [2.45, 2.75) is 0 Å². The Morgan fingerprint density at radius 1 is 1.30 bits per heavy atom. The Balaban J connectivity index is 2.85. The summed E-state index contributed by atoms with van der Waals surface area (Å²) in [5.74, 6) is 0.459. The van der Waals surface area contributed by atoms with Gasteiger partial charge in [0.1, 0.15) is 5.76 Å². The summed E-state index contributed by atoms with van der Waals surface area (Å²) < 4.78 is 4.83. The Hall–Kier alpha value is -1.24. The van der Waals surface area contributed by atoms with Crippen LogP contribution in [0.2, 0.25) is 0 Å². The van der Waals surface area contributed by atoms with E-state index >= 15 is 0 Å². The summed E-state index contributed by atoms with van der Waals surface area (Å²) in [5.41, 5.74) is 0.921. The van der Waals surface area contributed by atoms with Gasteiger partial charge in [-0.25, -0.2) is 0 Å². The molecule has 0 atom stereocenters. The standard InChI is InChI=1S/C9H9O/c1-8(10-2)9-6-4-3-5-7-9/h1,3-7H,2H3. The maximum absolute atomic E-state index is 5.49. The third-order valence-electron chi connectivity index (χ3n) is 1.28. The second-order valence-corrected chi connectivity index (χ2v) is 1.93. The quantitative estimate of drug-likeness (QED) is 0.561. The lowest BCUT2D eigenvalue weighted by Crippen LogP contribution is -1.82. The zero-order chi connectivity index (χ0) is 7.40. The van der Waals surface area contributed by atoms with Crippen LogP contribution in [-0.4, -0.2) is 7.11 Å². The van der Waals surface area contributed by atoms with Crippen LogP contribution in [0.3, 0.4) is 0 Å². The molecule has 0 saturated heterocycles. The molecule has 1 aromatic rings. The zero-order valence-electron chi connectivity index (χ0n) is 5.87. The van der Waals surface area contributed by atoms with Crippen molar-refractivity contribution in [2.24, 2.45) is 0 Å². The van der Waals surface area contributed by atoms with Gasteiger partial charge in [-0.05, 0) is 6.58 Å². The van der Waals surface area contributed by atoms with Crippen LogP contribution in [0, 0.1) is 6.58 Å². The molecule has 1 aromatic carbocycles. The molecule has 1 radical (unpaired) electrons. The molecule has 0 aliphatic rings. The van der Waals surface area contributed by atoms with Crippen molar-refractivity contribution in [2.75, 3.05) is 7.11 Å². The van der Waals surface area contributed by atoms with E-state index < -0.39 is 0 Å². The van der Waals surface area contributed by atoms with Crippen molar-refractivity contribution in [1.29, 1.82) is 0 Å². The van der Waals surface area contributed by atoms with E-state index in [0.717, 1.165) is 5.56 Å². The molecule has 0 amide bonds. The molecule has 0 aromatic heterocycles. The van der Waals surface area contributed by atoms with Crippen LogP contribution in [0.5, 0.6) is 0 Å². The lowest BCUT2D eigenvalue weighted by atomic mass is 10.2. The van der Waals surface area contributed by atoms with Crippen LogP contribution in [-0.2, 0) is 4.74 Å². The van der Waals surface area contributed by atoms with Crippen molar-refractivity contribution in [1.82, 2.24) is 0 Å². The molecule has 0 fully saturated rings. The monoisotopic (exact) mass is 133 g/mol. The number of hydrogen-bond donors (Lipinski definition) is 0. The fraction of sp³-hybridized carbons (Fsp3) is 0.111. The van der Waals surface area contributed by atoms with E-state index in [-0.39, 0.29) is 0 Å². The van der Waals surface area contributed by atoms with Gasteiger partial charge in [-0.15, -0.1) is 0 Å². The number of ether oxygens (including phenoxy) is 1. The van der Waals surface area contributed by atoms with Gasteiger partial charge in [0.05, 0.1) is 7.11 Å². The van der Waals surface area contributed by atoms with Crippen LogP contribution in [0.15, 0.2) is 30.3 Å². The highest BCUT2D eigenvalue weighted by Crippen LogP contribution is 2.10. The largest absolute Gasteiger partial charge is 0.496 e. The van der Waals surface area contributed by atoms with Crippen LogP contribution in [0.4, 0.5) is 0 Å². The summed E-state index contributed by atoms with van der Waals surface area (Å²) in [5, 5.41) is 0. The molecule has 0 aliphatic carbocycles. The molecular formula is C9H9O. The van der Waals surface area contributed by atoms with E-state index in [1.165, 1.54) is 0 Å². The first-order chi connectivity index (χ1) is 4.84. The van der Waals surface area contributed by atoms with Gasteiger partial charge in [0.25, 0.3) is 0 Å². The second-order valence-electron chi connectivity index (χ2n) is 1.93. The Bertz CT molecular complexity index is 213. The van der Waals surface area contributed by atoms with Crippen LogP contribution >= 0.6 is 0 Å². The van der Waals surface area contributed by atoms with Gasteiger partial charge in [0, 0.05) is 5.56 Å². The minimum Gasteiger partial charge on any atom is -0.496 e. The van der Waals surface area contributed by atoms with Crippen molar-refractivity contribution in [3.05, 3.63) is 42.5 Å². The average Bonchev–Trinajstić information content (AvgIpc) is 2.05. The van der Waals surface area contributed by atoms with Crippen LogP contribution < -0.4 is 0 Å². The van der Waals surface area contributed by atoms with Crippen LogP contribution in [0.1, 0.15) is 5.56 Å². The molecule has 1 rings (SSSR count). The third-order valence-corrected chi connectivity index (χ3v) is 1.28. The predicted octanol–water partition coefficient (Wildman–Crippen LogP) is 2.11. The summed E-state index contributed by atoms with van der Waals surface area (Å²) in [6.45, 7) is 5.49. The first-order valence-electron chi connectivity index (χ1n) is 3.06. The van der Waals surface area contributed by atoms with Crippen molar-refractivity contribution < 1.29 is 4.74 Å². The SMILES string of the molecule is [CH]=C(OC)c1ccccc1. The molecule has 0 aliphatic heterocycles. The van der Waals surface area contributed by atoms with E-state index in [1.807, 2.05) is 30.3 Å². The zero-order valence-corrected chi connectivity index (χ0v) is 5.87. The van der Waals surface area contributed by atoms with Crippen molar-refractivity contribution >= 4 is 5.76 Å². The summed E-state index contributed by atoms with van der Waals surface area (Å²) in [4.78, 5) is 0. The first kappa shape index (κ1) is 6.87. The Morgan fingerprint density at radius 2 is 1.90 bits per heavy atom. The molecule has 1 heteroatoms. The van der Waals surface area contributed by atoms with Crippen molar-refractivity contribution in [3.8, 4) is 0 Å². The van der Waals surface area contributed by atoms with E-state index in [0.29, 0.717) is 5.76 Å². The topological polar surface area (TPSA) is 9.23 Å². The summed E-state index contributed by atoms with van der Waals surface area (Å²) >= 11 is 0. The third kappa shape index (κ3) is 1.38. The minimum absolute atomic E-state index is 0.459. The van der Waals surface area contributed by atoms with Crippen LogP contribution in [0.25, 0.3) is 5.76 Å². The molecule has 0 saturated carbocycles. The van der Waals surface area contributed by atoms with E-state index in [2.05, 4.69) is 0 Å². The highest BCUT2D eigenvalue weighted by Gasteiger charge is 1.93. The van der Waals surface area contributed by atoms with Gasteiger partial charge in [-0.1, -0.05) is 30.3 Å². The maximum Gasteiger partial charge on any atom is 0.126 e. The first-order valence-corrected chi connectivity index (χ1v) is 3.06. The Kier molecular flexibility index (Phi) is 2.11. The fourth-order valence-corrected chi connectivity index (χ4v) is 0.720. The van der Waals surface area contributed by atoms with E-state index in [9.17, 15) is 0 Å². The van der Waals surface area contributed by atoms with Gasteiger partial charge in [0.15, 0.2) is 0 Å². The lowest BCUT2D eigenvalue weighted by molar-refractivity contribution is 0.370. The molecular weight excluding hydrogens is 124 g/mol. The van der Waals surface area contributed by atoms with Crippen molar-refractivity contribution in [3.63, 3.8) is 0 Å². The smallest absolute Gasteiger partial charge is 0.126 e. The molecule has 0 N–H and O–H groups in total. The average molecular weight is 133 g/mol. The summed E-state index contributed by atoms with van der Waals surface area (Å²) in [6.07, 6.45) is 0. The maximum atomic E-state index is 5.49. The molecule has 0 spiro atoms. The summed E-state index contributed by atoms with van der Waals surface area (Å²) in [6, 6.07) is 9.58.